The number of nitrogens with two attached hydrogens (primary N) is 1. The van der Waals surface area contributed by atoms with E-state index in [0.717, 1.165) is 19.8 Å². The Labute approximate surface area is 97.8 Å². The summed E-state index contributed by atoms with van der Waals surface area (Å²) in [5.41, 5.74) is 7.25. The van der Waals surface area contributed by atoms with Crippen molar-refractivity contribution in [3.05, 3.63) is 35.9 Å². The van der Waals surface area contributed by atoms with Gasteiger partial charge < -0.3 is 10.5 Å². The van der Waals surface area contributed by atoms with Gasteiger partial charge in [0.2, 0.25) is 0 Å². The first-order valence-corrected chi connectivity index (χ1v) is 6.23. The second-order valence-electron chi connectivity index (χ2n) is 4.66. The first kappa shape index (κ1) is 11.6. The number of rotatable bonds is 4. The molecule has 88 valence electrons. The predicted octanol–water partition coefficient (Wildman–Crippen LogP) is 2.55. The molecule has 0 amide bonds. The average Bonchev–Trinajstić information content (AvgIpc) is 2.38. The van der Waals surface area contributed by atoms with Crippen molar-refractivity contribution in [1.29, 1.82) is 0 Å². The smallest absolute Gasteiger partial charge is 0.0494 e. The SMILES string of the molecule is NCC(CC1CCCOC1)c1ccccc1. The molecule has 1 aromatic rings. The molecule has 2 unspecified atom stereocenters. The molecule has 0 aromatic heterocycles. The van der Waals surface area contributed by atoms with Gasteiger partial charge in [-0.05, 0) is 43.2 Å². The first-order chi connectivity index (χ1) is 7.90. The maximum atomic E-state index is 5.88. The average molecular weight is 219 g/mol. The van der Waals surface area contributed by atoms with Crippen molar-refractivity contribution in [3.63, 3.8) is 0 Å². The molecular weight excluding hydrogens is 198 g/mol. The van der Waals surface area contributed by atoms with Crippen molar-refractivity contribution in [3.8, 4) is 0 Å². The normalized spacial score (nSPS) is 22.9. The van der Waals surface area contributed by atoms with E-state index in [4.69, 9.17) is 10.5 Å². The molecule has 0 spiro atoms. The molecule has 0 saturated carbocycles. The van der Waals surface area contributed by atoms with E-state index in [1.807, 2.05) is 0 Å². The minimum atomic E-state index is 0.493. The number of hydrogen-bond donors (Lipinski definition) is 1. The zero-order valence-corrected chi connectivity index (χ0v) is 9.77. The molecule has 2 atom stereocenters. The quantitative estimate of drug-likeness (QED) is 0.844. The second-order valence-corrected chi connectivity index (χ2v) is 4.66. The van der Waals surface area contributed by atoms with Gasteiger partial charge in [0.15, 0.2) is 0 Å². The highest BCUT2D eigenvalue weighted by Gasteiger charge is 2.19. The van der Waals surface area contributed by atoms with Gasteiger partial charge in [0.05, 0.1) is 0 Å². The van der Waals surface area contributed by atoms with Crippen LogP contribution in [0.5, 0.6) is 0 Å². The molecule has 2 N–H and O–H groups in total. The molecule has 2 rings (SSSR count). The molecule has 16 heavy (non-hydrogen) atoms. The monoisotopic (exact) mass is 219 g/mol. The van der Waals surface area contributed by atoms with Crippen molar-refractivity contribution in [1.82, 2.24) is 0 Å². The van der Waals surface area contributed by atoms with Crippen molar-refractivity contribution in [2.45, 2.75) is 25.2 Å². The summed E-state index contributed by atoms with van der Waals surface area (Å²) in [6.07, 6.45) is 3.67. The lowest BCUT2D eigenvalue weighted by atomic mass is 9.86. The summed E-state index contributed by atoms with van der Waals surface area (Å²) in [4.78, 5) is 0. The van der Waals surface area contributed by atoms with Crippen LogP contribution in [0.15, 0.2) is 30.3 Å². The van der Waals surface area contributed by atoms with Crippen LogP contribution in [-0.4, -0.2) is 19.8 Å². The molecular formula is C14H21NO. The first-order valence-electron chi connectivity index (χ1n) is 6.23. The van der Waals surface area contributed by atoms with Gasteiger partial charge in [0.1, 0.15) is 0 Å². The molecule has 1 heterocycles. The number of benzene rings is 1. The van der Waals surface area contributed by atoms with Gasteiger partial charge in [-0.15, -0.1) is 0 Å². The zero-order chi connectivity index (χ0) is 11.2. The van der Waals surface area contributed by atoms with Crippen LogP contribution in [0.4, 0.5) is 0 Å². The van der Waals surface area contributed by atoms with Gasteiger partial charge in [-0.3, -0.25) is 0 Å². The summed E-state index contributed by atoms with van der Waals surface area (Å²) >= 11 is 0. The Morgan fingerprint density at radius 1 is 1.31 bits per heavy atom. The van der Waals surface area contributed by atoms with Crippen LogP contribution in [0.1, 0.15) is 30.7 Å². The molecule has 2 heteroatoms. The van der Waals surface area contributed by atoms with E-state index in [2.05, 4.69) is 30.3 Å². The zero-order valence-electron chi connectivity index (χ0n) is 9.77. The Hall–Kier alpha value is -0.860. The van der Waals surface area contributed by atoms with Crippen LogP contribution in [0, 0.1) is 5.92 Å². The van der Waals surface area contributed by atoms with E-state index in [9.17, 15) is 0 Å². The van der Waals surface area contributed by atoms with Crippen molar-refractivity contribution in [2.75, 3.05) is 19.8 Å². The van der Waals surface area contributed by atoms with Crippen molar-refractivity contribution < 1.29 is 4.74 Å². The predicted molar refractivity (Wildman–Crippen MR) is 66.4 cm³/mol. The molecule has 0 aliphatic carbocycles. The van der Waals surface area contributed by atoms with Crippen molar-refractivity contribution >= 4 is 0 Å². The minimum Gasteiger partial charge on any atom is -0.381 e. The summed E-state index contributed by atoms with van der Waals surface area (Å²) in [6, 6.07) is 10.6. The maximum Gasteiger partial charge on any atom is 0.0494 e. The van der Waals surface area contributed by atoms with E-state index in [1.165, 1.54) is 24.8 Å². The molecule has 1 aromatic carbocycles. The Morgan fingerprint density at radius 3 is 2.75 bits per heavy atom. The Bertz CT molecular complexity index is 293. The van der Waals surface area contributed by atoms with Gasteiger partial charge in [0.25, 0.3) is 0 Å². The summed E-state index contributed by atoms with van der Waals surface area (Å²) < 4.78 is 5.52. The second kappa shape index (κ2) is 6.02. The third kappa shape index (κ3) is 3.06. The highest BCUT2D eigenvalue weighted by molar-refractivity contribution is 5.19. The molecule has 1 fully saturated rings. The van der Waals surface area contributed by atoms with Gasteiger partial charge in [-0.25, -0.2) is 0 Å². The lowest BCUT2D eigenvalue weighted by Crippen LogP contribution is -2.22. The summed E-state index contributed by atoms with van der Waals surface area (Å²) in [5, 5.41) is 0. The molecule has 1 aliphatic heterocycles. The Kier molecular flexibility index (Phi) is 4.37. The van der Waals surface area contributed by atoms with E-state index < -0.39 is 0 Å². The van der Waals surface area contributed by atoms with Crippen LogP contribution < -0.4 is 5.73 Å². The highest BCUT2D eigenvalue weighted by atomic mass is 16.5. The maximum absolute atomic E-state index is 5.88. The van der Waals surface area contributed by atoms with Crippen LogP contribution in [-0.2, 0) is 4.74 Å². The lowest BCUT2D eigenvalue weighted by Gasteiger charge is -2.26. The topological polar surface area (TPSA) is 35.2 Å². The van der Waals surface area contributed by atoms with E-state index in [0.29, 0.717) is 11.8 Å². The third-order valence-electron chi connectivity index (χ3n) is 3.43. The number of ether oxygens (including phenoxy) is 1. The third-order valence-corrected chi connectivity index (χ3v) is 3.43. The Balaban J connectivity index is 1.94. The van der Waals surface area contributed by atoms with Gasteiger partial charge >= 0.3 is 0 Å². The molecule has 2 nitrogen and oxygen atoms in total. The van der Waals surface area contributed by atoms with Gasteiger partial charge in [0, 0.05) is 13.2 Å². The van der Waals surface area contributed by atoms with E-state index in [1.54, 1.807) is 0 Å². The van der Waals surface area contributed by atoms with Crippen molar-refractivity contribution in [2.24, 2.45) is 11.7 Å². The largest absolute Gasteiger partial charge is 0.381 e. The number of hydrogen-bond acceptors (Lipinski definition) is 2. The summed E-state index contributed by atoms with van der Waals surface area (Å²) in [7, 11) is 0. The highest BCUT2D eigenvalue weighted by Crippen LogP contribution is 2.27. The summed E-state index contributed by atoms with van der Waals surface area (Å²) in [5.74, 6) is 1.19. The Morgan fingerprint density at radius 2 is 2.12 bits per heavy atom. The van der Waals surface area contributed by atoms with E-state index >= 15 is 0 Å². The van der Waals surface area contributed by atoms with Gasteiger partial charge in [-0.2, -0.15) is 0 Å². The lowest BCUT2D eigenvalue weighted by molar-refractivity contribution is 0.0492. The van der Waals surface area contributed by atoms with Crippen LogP contribution in [0.3, 0.4) is 0 Å². The molecule has 0 radical (unpaired) electrons. The minimum absolute atomic E-state index is 0.493. The fourth-order valence-electron chi connectivity index (χ4n) is 2.49. The molecule has 1 saturated heterocycles. The molecule has 1 aliphatic rings. The van der Waals surface area contributed by atoms with Crippen LogP contribution >= 0.6 is 0 Å². The molecule has 0 bridgehead atoms. The summed E-state index contributed by atoms with van der Waals surface area (Å²) in [6.45, 7) is 2.60. The fourth-order valence-corrected chi connectivity index (χ4v) is 2.49. The van der Waals surface area contributed by atoms with Crippen LogP contribution in [0.2, 0.25) is 0 Å². The van der Waals surface area contributed by atoms with E-state index in [-0.39, 0.29) is 0 Å². The standard InChI is InChI=1S/C14H21NO/c15-10-14(13-6-2-1-3-7-13)9-12-5-4-8-16-11-12/h1-3,6-7,12,14H,4-5,8-11,15H2. The van der Waals surface area contributed by atoms with Gasteiger partial charge in [-0.1, -0.05) is 30.3 Å². The fraction of sp³-hybridized carbons (Fsp3) is 0.571. The van der Waals surface area contributed by atoms with Crippen LogP contribution in [0.25, 0.3) is 0 Å².